The molecule has 0 fully saturated rings. The van der Waals surface area contributed by atoms with Crippen molar-refractivity contribution in [2.75, 3.05) is 19.7 Å². The van der Waals surface area contributed by atoms with E-state index in [0.717, 1.165) is 18.8 Å². The van der Waals surface area contributed by atoms with Gasteiger partial charge in [0.2, 0.25) is 0 Å². The highest BCUT2D eigenvalue weighted by molar-refractivity contribution is 5.18. The van der Waals surface area contributed by atoms with Gasteiger partial charge in [0.15, 0.2) is 0 Å². The Kier molecular flexibility index (Phi) is 5.01. The van der Waals surface area contributed by atoms with E-state index in [2.05, 4.69) is 22.5 Å². The number of nitrogens with zero attached hydrogens (tertiary/aromatic N) is 2. The largest absolute Gasteiger partial charge is 0.395 e. The van der Waals surface area contributed by atoms with Crippen molar-refractivity contribution in [3.63, 3.8) is 0 Å². The van der Waals surface area contributed by atoms with Gasteiger partial charge in [-0.3, -0.25) is 9.88 Å². The minimum Gasteiger partial charge on any atom is -0.395 e. The van der Waals surface area contributed by atoms with Gasteiger partial charge in [0.25, 0.3) is 0 Å². The van der Waals surface area contributed by atoms with Gasteiger partial charge in [-0.25, -0.2) is 0 Å². The highest BCUT2D eigenvalue weighted by atomic mass is 16.3. The average Bonchev–Trinajstić information content (AvgIpc) is 2.22. The molecule has 0 aromatic carbocycles. The van der Waals surface area contributed by atoms with Gasteiger partial charge < -0.3 is 5.11 Å². The molecule has 1 rings (SSSR count). The van der Waals surface area contributed by atoms with E-state index in [1.165, 1.54) is 5.56 Å². The first-order valence-electron chi connectivity index (χ1n) is 5.12. The minimum atomic E-state index is 0.174. The molecule has 82 valence electrons. The van der Waals surface area contributed by atoms with E-state index in [1.54, 1.807) is 6.20 Å². The number of aliphatic hydroxyl groups is 1. The van der Waals surface area contributed by atoms with Crippen molar-refractivity contribution in [3.8, 4) is 0 Å². The maximum Gasteiger partial charge on any atom is 0.0558 e. The molecule has 0 bridgehead atoms. The molecule has 0 aliphatic carbocycles. The van der Waals surface area contributed by atoms with Crippen molar-refractivity contribution < 1.29 is 5.11 Å². The Morgan fingerprint density at radius 2 is 2.40 bits per heavy atom. The van der Waals surface area contributed by atoms with E-state index in [-0.39, 0.29) is 6.61 Å². The first-order valence-corrected chi connectivity index (χ1v) is 5.12. The number of pyridine rings is 1. The van der Waals surface area contributed by atoms with Crippen molar-refractivity contribution >= 4 is 0 Å². The molecular formula is C12H18N2O. The fourth-order valence-corrected chi connectivity index (χ4v) is 1.48. The summed E-state index contributed by atoms with van der Waals surface area (Å²) < 4.78 is 0. The SMILES string of the molecule is C=CCN(CCO)Cc1cccnc1C. The van der Waals surface area contributed by atoms with Crippen LogP contribution in [-0.2, 0) is 6.54 Å². The quantitative estimate of drug-likeness (QED) is 0.714. The summed E-state index contributed by atoms with van der Waals surface area (Å²) in [6, 6.07) is 4.00. The van der Waals surface area contributed by atoms with E-state index >= 15 is 0 Å². The summed E-state index contributed by atoms with van der Waals surface area (Å²) in [5, 5.41) is 8.92. The third-order valence-corrected chi connectivity index (χ3v) is 2.31. The molecule has 0 aliphatic rings. The smallest absolute Gasteiger partial charge is 0.0558 e. The molecule has 0 saturated carbocycles. The fourth-order valence-electron chi connectivity index (χ4n) is 1.48. The zero-order valence-electron chi connectivity index (χ0n) is 9.19. The Morgan fingerprint density at radius 1 is 1.60 bits per heavy atom. The van der Waals surface area contributed by atoms with Crippen molar-refractivity contribution in [1.82, 2.24) is 9.88 Å². The Morgan fingerprint density at radius 3 is 3.00 bits per heavy atom. The fraction of sp³-hybridized carbons (Fsp3) is 0.417. The van der Waals surface area contributed by atoms with Gasteiger partial charge in [0.05, 0.1) is 6.61 Å². The van der Waals surface area contributed by atoms with Crippen molar-refractivity contribution in [3.05, 3.63) is 42.2 Å². The van der Waals surface area contributed by atoms with Crippen molar-refractivity contribution in [2.24, 2.45) is 0 Å². The second-order valence-electron chi connectivity index (χ2n) is 3.50. The Balaban J connectivity index is 2.64. The predicted molar refractivity (Wildman–Crippen MR) is 61.5 cm³/mol. The molecule has 0 spiro atoms. The van der Waals surface area contributed by atoms with Gasteiger partial charge in [-0.15, -0.1) is 6.58 Å². The molecule has 1 N–H and O–H groups in total. The maximum absolute atomic E-state index is 8.92. The molecule has 15 heavy (non-hydrogen) atoms. The second-order valence-corrected chi connectivity index (χ2v) is 3.50. The predicted octanol–water partition coefficient (Wildman–Crippen LogP) is 1.37. The van der Waals surface area contributed by atoms with E-state index in [1.807, 2.05) is 19.1 Å². The number of aryl methyl sites for hydroxylation is 1. The van der Waals surface area contributed by atoms with Crippen molar-refractivity contribution in [2.45, 2.75) is 13.5 Å². The summed E-state index contributed by atoms with van der Waals surface area (Å²) in [5.74, 6) is 0. The molecular weight excluding hydrogens is 188 g/mol. The lowest BCUT2D eigenvalue weighted by Gasteiger charge is -2.20. The second kappa shape index (κ2) is 6.32. The molecule has 0 radical (unpaired) electrons. The summed E-state index contributed by atoms with van der Waals surface area (Å²) >= 11 is 0. The lowest BCUT2D eigenvalue weighted by molar-refractivity contribution is 0.203. The zero-order valence-corrected chi connectivity index (χ0v) is 9.19. The molecule has 0 aliphatic heterocycles. The van der Waals surface area contributed by atoms with Gasteiger partial charge in [0, 0.05) is 31.5 Å². The lowest BCUT2D eigenvalue weighted by Crippen LogP contribution is -2.27. The van der Waals surface area contributed by atoms with Crippen LogP contribution in [0.25, 0.3) is 0 Å². The highest BCUT2D eigenvalue weighted by Crippen LogP contribution is 2.07. The summed E-state index contributed by atoms with van der Waals surface area (Å²) in [7, 11) is 0. The van der Waals surface area contributed by atoms with Crippen LogP contribution in [0.15, 0.2) is 31.0 Å². The first kappa shape index (κ1) is 11.9. The zero-order chi connectivity index (χ0) is 11.1. The molecule has 0 unspecified atom stereocenters. The third kappa shape index (κ3) is 3.81. The van der Waals surface area contributed by atoms with Crippen LogP contribution < -0.4 is 0 Å². The number of aliphatic hydroxyl groups excluding tert-OH is 1. The minimum absolute atomic E-state index is 0.174. The van der Waals surface area contributed by atoms with Crippen LogP contribution in [0.4, 0.5) is 0 Å². The molecule has 1 aromatic heterocycles. The molecule has 3 heteroatoms. The summed E-state index contributed by atoms with van der Waals surface area (Å²) in [6.07, 6.45) is 3.64. The molecule has 1 heterocycles. The van der Waals surface area contributed by atoms with Crippen LogP contribution in [0, 0.1) is 6.92 Å². The molecule has 0 atom stereocenters. The van der Waals surface area contributed by atoms with Gasteiger partial charge in [-0.05, 0) is 18.6 Å². The highest BCUT2D eigenvalue weighted by Gasteiger charge is 2.05. The summed E-state index contributed by atoms with van der Waals surface area (Å²) in [4.78, 5) is 6.37. The molecule has 3 nitrogen and oxygen atoms in total. The maximum atomic E-state index is 8.92. The van der Waals surface area contributed by atoms with Crippen molar-refractivity contribution in [1.29, 1.82) is 0 Å². The Bertz CT molecular complexity index is 312. The Hall–Kier alpha value is -1.19. The van der Waals surface area contributed by atoms with Crippen LogP contribution >= 0.6 is 0 Å². The Labute approximate surface area is 91.1 Å². The van der Waals surface area contributed by atoms with Crippen LogP contribution in [0.3, 0.4) is 0 Å². The average molecular weight is 206 g/mol. The number of rotatable bonds is 6. The molecule has 0 amide bonds. The number of hydrogen-bond acceptors (Lipinski definition) is 3. The normalized spacial score (nSPS) is 10.6. The van der Waals surface area contributed by atoms with Gasteiger partial charge in [-0.1, -0.05) is 12.1 Å². The van der Waals surface area contributed by atoms with E-state index in [9.17, 15) is 0 Å². The van der Waals surface area contributed by atoms with E-state index in [4.69, 9.17) is 5.11 Å². The van der Waals surface area contributed by atoms with Gasteiger partial charge >= 0.3 is 0 Å². The number of hydrogen-bond donors (Lipinski definition) is 1. The third-order valence-electron chi connectivity index (χ3n) is 2.31. The van der Waals surface area contributed by atoms with E-state index < -0.39 is 0 Å². The monoisotopic (exact) mass is 206 g/mol. The molecule has 0 saturated heterocycles. The van der Waals surface area contributed by atoms with Gasteiger partial charge in [0.1, 0.15) is 0 Å². The summed E-state index contributed by atoms with van der Waals surface area (Å²) in [6.45, 7) is 8.15. The summed E-state index contributed by atoms with van der Waals surface area (Å²) in [5.41, 5.74) is 2.25. The van der Waals surface area contributed by atoms with Crippen LogP contribution in [-0.4, -0.2) is 34.7 Å². The number of aromatic nitrogens is 1. The van der Waals surface area contributed by atoms with Gasteiger partial charge in [-0.2, -0.15) is 0 Å². The van der Waals surface area contributed by atoms with Crippen LogP contribution in [0.2, 0.25) is 0 Å². The molecule has 1 aromatic rings. The lowest BCUT2D eigenvalue weighted by atomic mass is 10.2. The van der Waals surface area contributed by atoms with Crippen LogP contribution in [0.1, 0.15) is 11.3 Å². The first-order chi connectivity index (χ1) is 7.27. The van der Waals surface area contributed by atoms with Crippen LogP contribution in [0.5, 0.6) is 0 Å². The van der Waals surface area contributed by atoms with E-state index in [0.29, 0.717) is 6.54 Å². The topological polar surface area (TPSA) is 36.4 Å². The standard InChI is InChI=1S/C12H18N2O/c1-3-7-14(8-9-15)10-12-5-4-6-13-11(12)2/h3-6,15H,1,7-10H2,2H3.